The summed E-state index contributed by atoms with van der Waals surface area (Å²) in [7, 11) is 3.30. The number of benzene rings is 1. The van der Waals surface area contributed by atoms with Crippen LogP contribution in [-0.2, 0) is 0 Å². The lowest BCUT2D eigenvalue weighted by Crippen LogP contribution is -1.90. The topological polar surface area (TPSA) is 18.5 Å². The monoisotopic (exact) mass is 234 g/mol. The van der Waals surface area contributed by atoms with Crippen LogP contribution in [0.4, 0.5) is 0 Å². The van der Waals surface area contributed by atoms with Gasteiger partial charge in [0.25, 0.3) is 0 Å². The Balaban J connectivity index is 2.43. The molecule has 1 aromatic carbocycles. The van der Waals surface area contributed by atoms with E-state index in [0.29, 0.717) is 0 Å². The Morgan fingerprint density at radius 2 is 1.69 bits per heavy atom. The molecule has 0 spiro atoms. The van der Waals surface area contributed by atoms with Crippen molar-refractivity contribution in [3.8, 4) is 21.9 Å². The van der Waals surface area contributed by atoms with Crippen LogP contribution in [0.5, 0.6) is 11.5 Å². The molecule has 2 aromatic rings. The molecule has 0 N–H and O–H groups in total. The number of hydrogen-bond donors (Lipinski definition) is 0. The Labute approximate surface area is 99.5 Å². The summed E-state index contributed by atoms with van der Waals surface area (Å²) in [5.41, 5.74) is 1.16. The lowest BCUT2D eigenvalue weighted by atomic mass is 10.1. The Hall–Kier alpha value is -1.48. The van der Waals surface area contributed by atoms with Gasteiger partial charge in [-0.25, -0.2) is 0 Å². The van der Waals surface area contributed by atoms with Crippen molar-refractivity contribution in [3.63, 3.8) is 0 Å². The van der Waals surface area contributed by atoms with Crippen molar-refractivity contribution in [2.75, 3.05) is 14.2 Å². The molecule has 2 nitrogen and oxygen atoms in total. The molecule has 16 heavy (non-hydrogen) atoms. The van der Waals surface area contributed by atoms with Gasteiger partial charge in [-0.2, -0.15) is 0 Å². The Morgan fingerprint density at radius 1 is 0.938 bits per heavy atom. The second-order valence-electron chi connectivity index (χ2n) is 3.48. The van der Waals surface area contributed by atoms with Crippen molar-refractivity contribution < 1.29 is 9.47 Å². The standard InChI is InChI=1S/C13H14O2S/c1-9-4-7-13(16-9)10-5-6-11(14-2)12(8-10)15-3/h4-8H,1-3H3. The van der Waals surface area contributed by atoms with Gasteiger partial charge in [0.2, 0.25) is 0 Å². The van der Waals surface area contributed by atoms with Gasteiger partial charge in [0.1, 0.15) is 0 Å². The molecule has 0 unspecified atom stereocenters. The zero-order valence-corrected chi connectivity index (χ0v) is 10.4. The molecule has 0 radical (unpaired) electrons. The largest absolute Gasteiger partial charge is 0.493 e. The van der Waals surface area contributed by atoms with Crippen LogP contribution in [-0.4, -0.2) is 14.2 Å². The number of rotatable bonds is 3. The summed E-state index contributed by atoms with van der Waals surface area (Å²) in [6, 6.07) is 10.2. The van der Waals surface area contributed by atoms with Crippen LogP contribution < -0.4 is 9.47 Å². The summed E-state index contributed by atoms with van der Waals surface area (Å²) < 4.78 is 10.5. The first-order valence-electron chi connectivity index (χ1n) is 5.03. The van der Waals surface area contributed by atoms with Gasteiger partial charge in [0, 0.05) is 9.75 Å². The Bertz CT molecular complexity index is 488. The smallest absolute Gasteiger partial charge is 0.161 e. The highest BCUT2D eigenvalue weighted by atomic mass is 32.1. The molecule has 0 aliphatic heterocycles. The van der Waals surface area contributed by atoms with Gasteiger partial charge in [-0.3, -0.25) is 0 Å². The molecular formula is C13H14O2S. The first kappa shape index (κ1) is 11.0. The second-order valence-corrected chi connectivity index (χ2v) is 4.77. The summed E-state index contributed by atoms with van der Waals surface area (Å²) >= 11 is 1.78. The van der Waals surface area contributed by atoms with Crippen molar-refractivity contribution in [2.24, 2.45) is 0 Å². The average Bonchev–Trinajstić information content (AvgIpc) is 2.75. The maximum Gasteiger partial charge on any atom is 0.161 e. The van der Waals surface area contributed by atoms with Crippen LogP contribution in [0, 0.1) is 6.92 Å². The highest BCUT2D eigenvalue weighted by molar-refractivity contribution is 7.15. The molecule has 0 aliphatic carbocycles. The van der Waals surface area contributed by atoms with Crippen molar-refractivity contribution in [3.05, 3.63) is 35.2 Å². The van der Waals surface area contributed by atoms with Crippen molar-refractivity contribution in [1.29, 1.82) is 0 Å². The molecule has 0 atom stereocenters. The Kier molecular flexibility index (Phi) is 3.15. The highest BCUT2D eigenvalue weighted by Crippen LogP contribution is 2.34. The fraction of sp³-hybridized carbons (Fsp3) is 0.231. The van der Waals surface area contributed by atoms with E-state index in [9.17, 15) is 0 Å². The van der Waals surface area contributed by atoms with E-state index in [0.717, 1.165) is 17.1 Å². The summed E-state index contributed by atoms with van der Waals surface area (Å²) in [5, 5.41) is 0. The van der Waals surface area contributed by atoms with E-state index in [4.69, 9.17) is 9.47 Å². The van der Waals surface area contributed by atoms with Crippen LogP contribution >= 0.6 is 11.3 Å². The van der Waals surface area contributed by atoms with Gasteiger partial charge < -0.3 is 9.47 Å². The number of thiophene rings is 1. The third kappa shape index (κ3) is 2.04. The molecule has 1 heterocycles. The van der Waals surface area contributed by atoms with E-state index in [-0.39, 0.29) is 0 Å². The summed E-state index contributed by atoms with van der Waals surface area (Å²) in [5.74, 6) is 1.53. The fourth-order valence-corrected chi connectivity index (χ4v) is 2.44. The van der Waals surface area contributed by atoms with Crippen molar-refractivity contribution in [1.82, 2.24) is 0 Å². The zero-order valence-electron chi connectivity index (χ0n) is 9.61. The molecular weight excluding hydrogens is 220 g/mol. The minimum atomic E-state index is 0.763. The van der Waals surface area contributed by atoms with Crippen molar-refractivity contribution >= 4 is 11.3 Å². The van der Waals surface area contributed by atoms with E-state index in [1.165, 1.54) is 9.75 Å². The fourth-order valence-electron chi connectivity index (χ4n) is 1.58. The third-order valence-electron chi connectivity index (χ3n) is 2.41. The van der Waals surface area contributed by atoms with E-state index in [1.54, 1.807) is 25.6 Å². The number of aryl methyl sites for hydroxylation is 1. The quantitative estimate of drug-likeness (QED) is 0.805. The van der Waals surface area contributed by atoms with Crippen LogP contribution in [0.2, 0.25) is 0 Å². The first-order chi connectivity index (χ1) is 7.74. The Morgan fingerprint density at radius 3 is 2.25 bits per heavy atom. The van der Waals surface area contributed by atoms with Gasteiger partial charge in [-0.1, -0.05) is 0 Å². The maximum atomic E-state index is 5.28. The molecule has 0 amide bonds. The summed E-state index contributed by atoms with van der Waals surface area (Å²) in [4.78, 5) is 2.56. The normalized spacial score (nSPS) is 10.2. The van der Waals surface area contributed by atoms with Gasteiger partial charge in [0.15, 0.2) is 11.5 Å². The molecule has 0 saturated carbocycles. The molecule has 1 aromatic heterocycles. The highest BCUT2D eigenvalue weighted by Gasteiger charge is 2.07. The molecule has 0 bridgehead atoms. The van der Waals surface area contributed by atoms with Gasteiger partial charge in [-0.15, -0.1) is 11.3 Å². The van der Waals surface area contributed by atoms with Gasteiger partial charge >= 0.3 is 0 Å². The molecule has 3 heteroatoms. The molecule has 0 aliphatic rings. The molecule has 2 rings (SSSR count). The van der Waals surface area contributed by atoms with E-state index >= 15 is 0 Å². The minimum Gasteiger partial charge on any atom is -0.493 e. The van der Waals surface area contributed by atoms with Crippen LogP contribution in [0.15, 0.2) is 30.3 Å². The number of methoxy groups -OCH3 is 2. The predicted molar refractivity (Wildman–Crippen MR) is 67.6 cm³/mol. The minimum absolute atomic E-state index is 0.763. The van der Waals surface area contributed by atoms with Gasteiger partial charge in [-0.05, 0) is 42.8 Å². The lowest BCUT2D eigenvalue weighted by Gasteiger charge is -2.08. The van der Waals surface area contributed by atoms with Gasteiger partial charge in [0.05, 0.1) is 14.2 Å². The van der Waals surface area contributed by atoms with Crippen LogP contribution in [0.3, 0.4) is 0 Å². The molecule has 0 fully saturated rings. The van der Waals surface area contributed by atoms with Crippen LogP contribution in [0.1, 0.15) is 4.88 Å². The average molecular weight is 234 g/mol. The third-order valence-corrected chi connectivity index (χ3v) is 3.46. The van der Waals surface area contributed by atoms with E-state index < -0.39 is 0 Å². The first-order valence-corrected chi connectivity index (χ1v) is 5.85. The number of hydrogen-bond acceptors (Lipinski definition) is 3. The van der Waals surface area contributed by atoms with Crippen LogP contribution in [0.25, 0.3) is 10.4 Å². The second kappa shape index (κ2) is 4.58. The number of ether oxygens (including phenoxy) is 2. The van der Waals surface area contributed by atoms with Crippen molar-refractivity contribution in [2.45, 2.75) is 6.92 Å². The predicted octanol–water partition coefficient (Wildman–Crippen LogP) is 3.74. The SMILES string of the molecule is COc1ccc(-c2ccc(C)s2)cc1OC. The lowest BCUT2D eigenvalue weighted by molar-refractivity contribution is 0.355. The van der Waals surface area contributed by atoms with E-state index in [2.05, 4.69) is 19.1 Å². The summed E-state index contributed by atoms with van der Waals surface area (Å²) in [6.07, 6.45) is 0. The molecule has 84 valence electrons. The van der Waals surface area contributed by atoms with E-state index in [1.807, 2.05) is 18.2 Å². The maximum absolute atomic E-state index is 5.28. The zero-order chi connectivity index (χ0) is 11.5. The molecule has 0 saturated heterocycles. The summed E-state index contributed by atoms with van der Waals surface area (Å²) in [6.45, 7) is 2.11.